The van der Waals surface area contributed by atoms with E-state index >= 15 is 0 Å². The van der Waals surface area contributed by atoms with E-state index in [1.165, 1.54) is 0 Å². The number of aromatic nitrogens is 1. The van der Waals surface area contributed by atoms with Crippen LogP contribution in [0.3, 0.4) is 0 Å². The van der Waals surface area contributed by atoms with Crippen molar-refractivity contribution in [1.82, 2.24) is 14.8 Å². The van der Waals surface area contributed by atoms with Crippen LogP contribution < -0.4 is 4.74 Å². The van der Waals surface area contributed by atoms with E-state index in [0.29, 0.717) is 36.6 Å². The molecule has 0 aliphatic rings. The number of amides is 2. The minimum atomic E-state index is -0.0640. The molecule has 0 spiro atoms. The summed E-state index contributed by atoms with van der Waals surface area (Å²) in [5, 5.41) is 2.97. The lowest BCUT2D eigenvalue weighted by molar-refractivity contribution is 0.0751. The average Bonchev–Trinajstić information content (AvgIpc) is 3.20. The van der Waals surface area contributed by atoms with Crippen LogP contribution in [-0.2, 0) is 13.2 Å². The SMILES string of the molecule is CCN(Cc1ccc(C(=O)N(C)C)cc1)C(=O)c1cccc(OCc2csc(C)n2)c1. The highest BCUT2D eigenvalue weighted by molar-refractivity contribution is 7.09. The summed E-state index contributed by atoms with van der Waals surface area (Å²) in [5.74, 6) is 0.532. The molecule has 0 fully saturated rings. The number of carbonyl (C=O) groups excluding carboxylic acids is 2. The number of hydrogen-bond donors (Lipinski definition) is 0. The molecule has 3 aromatic rings. The summed E-state index contributed by atoms with van der Waals surface area (Å²) in [6.45, 7) is 5.32. The molecule has 0 saturated heterocycles. The molecule has 3 rings (SSSR count). The van der Waals surface area contributed by atoms with E-state index in [0.717, 1.165) is 16.3 Å². The second-order valence-electron chi connectivity index (χ2n) is 7.39. The van der Waals surface area contributed by atoms with Crippen molar-refractivity contribution < 1.29 is 14.3 Å². The van der Waals surface area contributed by atoms with Gasteiger partial charge in [-0.05, 0) is 49.7 Å². The van der Waals surface area contributed by atoms with Gasteiger partial charge in [0.25, 0.3) is 11.8 Å². The van der Waals surface area contributed by atoms with Gasteiger partial charge in [0.1, 0.15) is 12.4 Å². The van der Waals surface area contributed by atoms with E-state index in [1.807, 2.05) is 43.5 Å². The fourth-order valence-corrected chi connectivity index (χ4v) is 3.69. The minimum absolute atomic E-state index is 0.0420. The van der Waals surface area contributed by atoms with Gasteiger partial charge in [-0.15, -0.1) is 11.3 Å². The molecule has 1 heterocycles. The maximum Gasteiger partial charge on any atom is 0.254 e. The molecule has 0 aliphatic heterocycles. The predicted molar refractivity (Wildman–Crippen MR) is 122 cm³/mol. The normalized spacial score (nSPS) is 10.6. The molecule has 0 saturated carbocycles. The molecule has 162 valence electrons. The monoisotopic (exact) mass is 437 g/mol. The van der Waals surface area contributed by atoms with E-state index in [2.05, 4.69) is 4.98 Å². The zero-order valence-electron chi connectivity index (χ0n) is 18.3. The fraction of sp³-hybridized carbons (Fsp3) is 0.292. The second kappa shape index (κ2) is 10.2. The Morgan fingerprint density at radius 2 is 1.77 bits per heavy atom. The lowest BCUT2D eigenvalue weighted by Gasteiger charge is -2.21. The molecule has 0 atom stereocenters. The lowest BCUT2D eigenvalue weighted by atomic mass is 10.1. The smallest absolute Gasteiger partial charge is 0.254 e. The van der Waals surface area contributed by atoms with Gasteiger partial charge < -0.3 is 14.5 Å². The first-order valence-electron chi connectivity index (χ1n) is 10.1. The predicted octanol–water partition coefficient (Wildman–Crippen LogP) is 4.39. The Bertz CT molecular complexity index is 1040. The fourth-order valence-electron chi connectivity index (χ4n) is 3.09. The van der Waals surface area contributed by atoms with Crippen LogP contribution in [0.1, 0.15) is 43.9 Å². The van der Waals surface area contributed by atoms with Gasteiger partial charge in [0.2, 0.25) is 0 Å². The number of rotatable bonds is 8. The Morgan fingerprint density at radius 3 is 2.39 bits per heavy atom. The third-order valence-electron chi connectivity index (χ3n) is 4.78. The summed E-state index contributed by atoms with van der Waals surface area (Å²) in [7, 11) is 3.45. The Hall–Kier alpha value is -3.19. The van der Waals surface area contributed by atoms with Gasteiger partial charge in [-0.3, -0.25) is 9.59 Å². The highest BCUT2D eigenvalue weighted by Crippen LogP contribution is 2.19. The molecule has 0 radical (unpaired) electrons. The summed E-state index contributed by atoms with van der Waals surface area (Å²) < 4.78 is 5.82. The van der Waals surface area contributed by atoms with Crippen molar-refractivity contribution in [1.29, 1.82) is 0 Å². The second-order valence-corrected chi connectivity index (χ2v) is 8.45. The number of hydrogen-bond acceptors (Lipinski definition) is 5. The van der Waals surface area contributed by atoms with Crippen molar-refractivity contribution in [3.05, 3.63) is 81.3 Å². The van der Waals surface area contributed by atoms with Gasteiger partial charge in [-0.1, -0.05) is 18.2 Å². The molecule has 6 nitrogen and oxygen atoms in total. The lowest BCUT2D eigenvalue weighted by Crippen LogP contribution is -2.30. The molecule has 0 bridgehead atoms. The Labute approximate surface area is 187 Å². The van der Waals surface area contributed by atoms with Crippen molar-refractivity contribution in [3.8, 4) is 5.75 Å². The summed E-state index contributed by atoms with van der Waals surface area (Å²) in [6.07, 6.45) is 0. The van der Waals surface area contributed by atoms with Crippen LogP contribution in [0.4, 0.5) is 0 Å². The molecule has 2 amide bonds. The summed E-state index contributed by atoms with van der Waals surface area (Å²) in [6, 6.07) is 14.6. The third-order valence-corrected chi connectivity index (χ3v) is 5.61. The average molecular weight is 438 g/mol. The van der Waals surface area contributed by atoms with Crippen molar-refractivity contribution in [2.24, 2.45) is 0 Å². The summed E-state index contributed by atoms with van der Waals surface area (Å²) in [4.78, 5) is 32.8. The van der Waals surface area contributed by atoms with Crippen LogP contribution in [0.25, 0.3) is 0 Å². The van der Waals surface area contributed by atoms with Crippen molar-refractivity contribution in [3.63, 3.8) is 0 Å². The standard InChI is InChI=1S/C24H27N3O3S/c1-5-27(14-18-9-11-19(12-10-18)23(28)26(3)4)24(29)20-7-6-8-22(13-20)30-15-21-16-31-17(2)25-21/h6-13,16H,5,14-15H2,1-4H3. The van der Waals surface area contributed by atoms with E-state index in [4.69, 9.17) is 4.74 Å². The molecular formula is C24H27N3O3S. The van der Waals surface area contributed by atoms with Crippen LogP contribution in [0.2, 0.25) is 0 Å². The number of benzene rings is 2. The van der Waals surface area contributed by atoms with Crippen molar-refractivity contribution >= 4 is 23.2 Å². The maximum atomic E-state index is 13.1. The molecule has 0 aliphatic carbocycles. The third kappa shape index (κ3) is 5.92. The van der Waals surface area contributed by atoms with E-state index in [-0.39, 0.29) is 11.8 Å². The number of thiazole rings is 1. The van der Waals surface area contributed by atoms with Crippen molar-refractivity contribution in [2.45, 2.75) is 27.0 Å². The first kappa shape index (κ1) is 22.5. The zero-order chi connectivity index (χ0) is 22.4. The molecule has 1 aromatic heterocycles. The largest absolute Gasteiger partial charge is 0.487 e. The van der Waals surface area contributed by atoms with Crippen LogP contribution >= 0.6 is 11.3 Å². The van der Waals surface area contributed by atoms with Gasteiger partial charge in [-0.2, -0.15) is 0 Å². The summed E-state index contributed by atoms with van der Waals surface area (Å²) >= 11 is 1.59. The molecule has 0 unspecified atom stereocenters. The van der Waals surface area contributed by atoms with Gasteiger partial charge in [0.15, 0.2) is 0 Å². The molecule has 7 heteroatoms. The first-order valence-corrected chi connectivity index (χ1v) is 11.0. The first-order chi connectivity index (χ1) is 14.9. The van der Waals surface area contributed by atoms with Crippen LogP contribution in [-0.4, -0.2) is 47.2 Å². The quantitative estimate of drug-likeness (QED) is 0.524. The van der Waals surface area contributed by atoms with Gasteiger partial charge in [-0.25, -0.2) is 4.98 Å². The zero-order valence-corrected chi connectivity index (χ0v) is 19.1. The topological polar surface area (TPSA) is 62.7 Å². The molecule has 31 heavy (non-hydrogen) atoms. The Balaban J connectivity index is 1.66. The Morgan fingerprint density at radius 1 is 1.03 bits per heavy atom. The molecular weight excluding hydrogens is 410 g/mol. The van der Waals surface area contributed by atoms with Crippen LogP contribution in [0.15, 0.2) is 53.9 Å². The molecule has 0 N–H and O–H groups in total. The molecule has 2 aromatic carbocycles. The van der Waals surface area contributed by atoms with Gasteiger partial charge in [0.05, 0.1) is 10.7 Å². The maximum absolute atomic E-state index is 13.1. The number of nitrogens with zero attached hydrogens (tertiary/aromatic N) is 3. The van der Waals surface area contributed by atoms with E-state index in [1.54, 1.807) is 59.5 Å². The van der Waals surface area contributed by atoms with E-state index in [9.17, 15) is 9.59 Å². The van der Waals surface area contributed by atoms with E-state index < -0.39 is 0 Å². The van der Waals surface area contributed by atoms with Crippen molar-refractivity contribution in [2.75, 3.05) is 20.6 Å². The Kier molecular flexibility index (Phi) is 7.41. The number of ether oxygens (including phenoxy) is 1. The highest BCUT2D eigenvalue weighted by atomic mass is 32.1. The van der Waals surface area contributed by atoms with Crippen LogP contribution in [0.5, 0.6) is 5.75 Å². The van der Waals surface area contributed by atoms with Gasteiger partial charge in [0, 0.05) is 43.7 Å². The van der Waals surface area contributed by atoms with Crippen LogP contribution in [0, 0.1) is 6.92 Å². The van der Waals surface area contributed by atoms with Gasteiger partial charge >= 0.3 is 0 Å². The number of carbonyl (C=O) groups is 2. The number of aryl methyl sites for hydroxylation is 1. The minimum Gasteiger partial charge on any atom is -0.487 e. The highest BCUT2D eigenvalue weighted by Gasteiger charge is 2.16. The summed E-state index contributed by atoms with van der Waals surface area (Å²) in [5.41, 5.74) is 3.05.